The average Bonchev–Trinajstić information content (AvgIpc) is 3.39. The molecule has 1 spiro atoms. The van der Waals surface area contributed by atoms with Crippen molar-refractivity contribution in [3.8, 4) is 0 Å². The Hall–Kier alpha value is -3.99. The summed E-state index contributed by atoms with van der Waals surface area (Å²) < 4.78 is 0. The van der Waals surface area contributed by atoms with Crippen molar-refractivity contribution in [1.82, 2.24) is 0 Å². The van der Waals surface area contributed by atoms with Crippen LogP contribution in [0.1, 0.15) is 48.1 Å². The number of rotatable bonds is 3. The lowest BCUT2D eigenvalue weighted by Crippen LogP contribution is -2.48. The first-order valence-electron chi connectivity index (χ1n) is 12.7. The van der Waals surface area contributed by atoms with E-state index in [2.05, 4.69) is 0 Å². The molecule has 0 saturated carbocycles. The molecule has 0 radical (unpaired) electrons. The molecular weight excluding hydrogens is 529 g/mol. The fourth-order valence-electron chi connectivity index (χ4n) is 6.79. The monoisotopic (exact) mass is 549 g/mol. The van der Waals surface area contributed by atoms with Gasteiger partial charge in [-0.15, -0.1) is 0 Å². The summed E-state index contributed by atoms with van der Waals surface area (Å²) >= 11 is 13.2. The van der Waals surface area contributed by atoms with E-state index in [1.807, 2.05) is 59.5 Å². The summed E-state index contributed by atoms with van der Waals surface area (Å²) in [7, 11) is 0. The second-order valence-corrected chi connectivity index (χ2v) is 11.0. The molecule has 3 aliphatic rings. The minimum absolute atomic E-state index is 0.185. The van der Waals surface area contributed by atoms with Gasteiger partial charge < -0.3 is 4.90 Å². The van der Waals surface area contributed by atoms with Crippen molar-refractivity contribution in [3.05, 3.63) is 141 Å². The number of benzene rings is 4. The molecule has 1 saturated heterocycles. The van der Waals surface area contributed by atoms with E-state index in [-0.39, 0.29) is 17.3 Å². The van der Waals surface area contributed by atoms with Gasteiger partial charge in [0.05, 0.1) is 6.04 Å². The fraction of sp³-hybridized carbons (Fsp3) is 0.121. The van der Waals surface area contributed by atoms with Crippen LogP contribution in [-0.4, -0.2) is 29.4 Å². The third-order valence-corrected chi connectivity index (χ3v) is 8.91. The summed E-state index contributed by atoms with van der Waals surface area (Å²) in [5, 5.41) is 0.962. The van der Waals surface area contributed by atoms with Crippen LogP contribution in [0.5, 0.6) is 0 Å². The van der Waals surface area contributed by atoms with Gasteiger partial charge in [0, 0.05) is 38.3 Å². The number of fused-ring (bicyclic) bond motifs is 5. The predicted octanol–water partition coefficient (Wildman–Crippen LogP) is 7.31. The van der Waals surface area contributed by atoms with Crippen molar-refractivity contribution in [2.75, 3.05) is 4.90 Å². The van der Waals surface area contributed by atoms with Gasteiger partial charge in [-0.3, -0.25) is 14.4 Å². The van der Waals surface area contributed by atoms with Crippen molar-refractivity contribution in [2.45, 2.75) is 18.0 Å². The van der Waals surface area contributed by atoms with Gasteiger partial charge in [-0.25, -0.2) is 0 Å². The molecule has 2 heterocycles. The average molecular weight is 550 g/mol. The van der Waals surface area contributed by atoms with Crippen LogP contribution in [-0.2, 0) is 0 Å². The van der Waals surface area contributed by atoms with Crippen molar-refractivity contribution in [3.63, 3.8) is 0 Å². The first-order valence-corrected chi connectivity index (χ1v) is 13.5. The van der Waals surface area contributed by atoms with E-state index < -0.39 is 23.4 Å². The Labute approximate surface area is 235 Å². The highest BCUT2D eigenvalue weighted by Gasteiger charge is 2.71. The summed E-state index contributed by atoms with van der Waals surface area (Å²) in [6, 6.07) is 27.0. The first-order chi connectivity index (χ1) is 18.9. The topological polar surface area (TPSA) is 54.5 Å². The highest BCUT2D eigenvalue weighted by atomic mass is 35.5. The van der Waals surface area contributed by atoms with E-state index in [0.29, 0.717) is 32.3 Å². The van der Waals surface area contributed by atoms with Crippen molar-refractivity contribution in [2.24, 2.45) is 5.41 Å². The molecule has 3 atom stereocenters. The standard InChI is InChI=1S/C33H21Cl2NO3/c34-21-15-16-26-20(18-21)14-17-27-33(31(38)22-10-4-5-11-23(22)32(33)39)28(24-12-6-7-13-25(24)35)29(36(26)27)30(37)19-8-2-1-3-9-19/h1-18,27-29H. The Morgan fingerprint density at radius 2 is 1.41 bits per heavy atom. The van der Waals surface area contributed by atoms with Crippen LogP contribution in [0, 0.1) is 5.41 Å². The summed E-state index contributed by atoms with van der Waals surface area (Å²) in [5.41, 5.74) is 1.82. The minimum Gasteiger partial charge on any atom is -0.352 e. The maximum Gasteiger partial charge on any atom is 0.185 e. The van der Waals surface area contributed by atoms with Gasteiger partial charge in [0.15, 0.2) is 17.3 Å². The van der Waals surface area contributed by atoms with Gasteiger partial charge in [-0.2, -0.15) is 0 Å². The van der Waals surface area contributed by atoms with Gasteiger partial charge in [0.25, 0.3) is 0 Å². The third kappa shape index (κ3) is 3.22. The molecule has 1 aliphatic carbocycles. The number of ketones is 3. The Bertz CT molecular complexity index is 1690. The van der Waals surface area contributed by atoms with Crippen LogP contribution in [0.15, 0.2) is 103 Å². The molecule has 4 nitrogen and oxygen atoms in total. The lowest BCUT2D eigenvalue weighted by atomic mass is 9.64. The zero-order chi connectivity index (χ0) is 26.9. The zero-order valence-electron chi connectivity index (χ0n) is 20.6. The molecule has 2 aliphatic heterocycles. The van der Waals surface area contributed by atoms with Crippen LogP contribution < -0.4 is 4.90 Å². The molecular formula is C33H21Cl2NO3. The first kappa shape index (κ1) is 24.1. The number of hydrogen-bond acceptors (Lipinski definition) is 4. The van der Waals surface area contributed by atoms with Gasteiger partial charge in [0.1, 0.15) is 11.5 Å². The minimum atomic E-state index is -1.59. The highest BCUT2D eigenvalue weighted by Crippen LogP contribution is 2.61. The third-order valence-electron chi connectivity index (χ3n) is 8.33. The summed E-state index contributed by atoms with van der Waals surface area (Å²) in [6.45, 7) is 0. The molecule has 190 valence electrons. The molecule has 1 fully saturated rings. The number of Topliss-reactive ketones (excluding diaryl/α,β-unsaturated/α-hetero) is 3. The number of halogens is 2. The Morgan fingerprint density at radius 3 is 2.10 bits per heavy atom. The fourth-order valence-corrected chi connectivity index (χ4v) is 7.23. The second kappa shape index (κ2) is 8.77. The molecule has 6 heteroatoms. The molecule has 7 rings (SSSR count). The van der Waals surface area contributed by atoms with Crippen LogP contribution >= 0.6 is 23.2 Å². The van der Waals surface area contributed by atoms with Crippen LogP contribution in [0.4, 0.5) is 5.69 Å². The predicted molar refractivity (Wildman–Crippen MR) is 153 cm³/mol. The van der Waals surface area contributed by atoms with E-state index in [1.165, 1.54) is 0 Å². The molecule has 0 aromatic heterocycles. The van der Waals surface area contributed by atoms with E-state index in [9.17, 15) is 14.4 Å². The van der Waals surface area contributed by atoms with E-state index in [4.69, 9.17) is 23.2 Å². The molecule has 4 aromatic rings. The summed E-state index contributed by atoms with van der Waals surface area (Å²) in [4.78, 5) is 45.7. The van der Waals surface area contributed by atoms with Gasteiger partial charge >= 0.3 is 0 Å². The molecule has 4 aromatic carbocycles. The van der Waals surface area contributed by atoms with E-state index >= 15 is 0 Å². The molecule has 3 unspecified atom stereocenters. The maximum atomic E-state index is 14.6. The number of carbonyl (C=O) groups is 3. The summed E-state index contributed by atoms with van der Waals surface area (Å²) in [6.07, 6.45) is 3.77. The Morgan fingerprint density at radius 1 is 0.769 bits per heavy atom. The van der Waals surface area contributed by atoms with Crippen molar-refractivity contribution >= 4 is 52.3 Å². The SMILES string of the molecule is O=C(c1ccccc1)C1C(c2ccccc2Cl)C2(C(=O)c3ccccc3C2=O)C2C=Cc3cc(Cl)ccc3N12. The van der Waals surface area contributed by atoms with Gasteiger partial charge in [-0.1, -0.05) is 108 Å². The largest absolute Gasteiger partial charge is 0.352 e. The summed E-state index contributed by atoms with van der Waals surface area (Å²) in [5.74, 6) is -1.60. The van der Waals surface area contributed by atoms with Crippen molar-refractivity contribution < 1.29 is 14.4 Å². The number of anilines is 1. The van der Waals surface area contributed by atoms with E-state index in [1.54, 1.807) is 54.6 Å². The van der Waals surface area contributed by atoms with Gasteiger partial charge in [0.2, 0.25) is 0 Å². The number of carbonyl (C=O) groups excluding carboxylic acids is 3. The van der Waals surface area contributed by atoms with Crippen LogP contribution in [0.25, 0.3) is 6.08 Å². The maximum absolute atomic E-state index is 14.6. The Balaban J connectivity index is 1.57. The zero-order valence-corrected chi connectivity index (χ0v) is 22.1. The highest BCUT2D eigenvalue weighted by molar-refractivity contribution is 6.34. The quantitative estimate of drug-likeness (QED) is 0.198. The lowest BCUT2D eigenvalue weighted by Gasteiger charge is -2.37. The number of hydrogen-bond donors (Lipinski definition) is 0. The normalized spacial score (nSPS) is 22.1. The molecule has 39 heavy (non-hydrogen) atoms. The second-order valence-electron chi connectivity index (χ2n) is 10.2. The van der Waals surface area contributed by atoms with Crippen LogP contribution in [0.2, 0.25) is 10.0 Å². The van der Waals surface area contributed by atoms with E-state index in [0.717, 1.165) is 11.3 Å². The Kier molecular flexibility index (Phi) is 5.41. The molecule has 0 amide bonds. The number of nitrogens with zero attached hydrogens (tertiary/aromatic N) is 1. The van der Waals surface area contributed by atoms with Crippen molar-refractivity contribution in [1.29, 1.82) is 0 Å². The smallest absolute Gasteiger partial charge is 0.185 e. The lowest BCUT2D eigenvalue weighted by molar-refractivity contribution is 0.0666. The molecule has 0 N–H and O–H groups in total. The van der Waals surface area contributed by atoms with Gasteiger partial charge in [-0.05, 0) is 35.4 Å². The molecule has 0 bridgehead atoms. The van der Waals surface area contributed by atoms with Crippen LogP contribution in [0.3, 0.4) is 0 Å².